The monoisotopic (exact) mass is 495 g/mol. The second kappa shape index (κ2) is 11.9. The van der Waals surface area contributed by atoms with Crippen molar-refractivity contribution in [1.82, 2.24) is 15.0 Å². The van der Waals surface area contributed by atoms with Gasteiger partial charge >= 0.3 is 5.97 Å². The van der Waals surface area contributed by atoms with Crippen LogP contribution < -0.4 is 16.2 Å². The highest BCUT2D eigenvalue weighted by Gasteiger charge is 2.13. The lowest BCUT2D eigenvalue weighted by molar-refractivity contribution is -0.145. The molecule has 0 bridgehead atoms. The summed E-state index contributed by atoms with van der Waals surface area (Å²) in [5.74, 6) is 7.36. The Morgan fingerprint density at radius 2 is 1.86 bits per heavy atom. The minimum Gasteiger partial charge on any atom is -0.497 e. The molecule has 0 fully saturated rings. The number of benzene rings is 2. The van der Waals surface area contributed by atoms with Gasteiger partial charge in [0.25, 0.3) is 0 Å². The minimum atomic E-state index is -0.222. The highest BCUT2D eigenvalue weighted by Crippen LogP contribution is 2.27. The Kier molecular flexibility index (Phi) is 8.16. The van der Waals surface area contributed by atoms with Crippen molar-refractivity contribution in [2.75, 3.05) is 18.6 Å². The maximum Gasteiger partial charge on any atom is 0.306 e. The van der Waals surface area contributed by atoms with E-state index in [0.717, 1.165) is 33.6 Å². The third-order valence-corrected chi connectivity index (χ3v) is 5.98. The number of nitrogens with two attached hydrogens (primary N) is 2. The Balaban J connectivity index is 1.43. The number of carbonyl (C=O) groups is 1. The van der Waals surface area contributed by atoms with Crippen molar-refractivity contribution in [3.8, 4) is 17.6 Å². The molecular weight excluding hydrogens is 466 g/mol. The first-order valence-corrected chi connectivity index (χ1v) is 12.0. The maximum atomic E-state index is 12.0. The van der Waals surface area contributed by atoms with E-state index < -0.39 is 0 Å². The first-order valence-electron chi connectivity index (χ1n) is 12.0. The van der Waals surface area contributed by atoms with Crippen LogP contribution in [0.25, 0.3) is 11.0 Å². The molecule has 0 aliphatic carbocycles. The molecule has 8 nitrogen and oxygen atoms in total. The zero-order chi connectivity index (χ0) is 26.2. The van der Waals surface area contributed by atoms with E-state index in [9.17, 15) is 4.79 Å². The van der Waals surface area contributed by atoms with E-state index in [1.165, 1.54) is 0 Å². The van der Waals surface area contributed by atoms with E-state index in [2.05, 4.69) is 26.8 Å². The molecule has 37 heavy (non-hydrogen) atoms. The number of anilines is 2. The summed E-state index contributed by atoms with van der Waals surface area (Å²) >= 11 is 0. The second-order valence-electron chi connectivity index (χ2n) is 8.58. The van der Waals surface area contributed by atoms with Gasteiger partial charge in [0.15, 0.2) is 5.65 Å². The first kappa shape index (κ1) is 25.5. The average molecular weight is 496 g/mol. The topological polar surface area (TPSA) is 126 Å². The maximum absolute atomic E-state index is 12.0. The number of nitrogen functional groups attached to an aromatic ring is 2. The number of carbonyl (C=O) groups excluding carboxylic acids is 1. The summed E-state index contributed by atoms with van der Waals surface area (Å²) in [4.78, 5) is 24.7. The Bertz CT molecular complexity index is 1480. The molecule has 0 atom stereocenters. The third kappa shape index (κ3) is 6.53. The molecule has 0 amide bonds. The summed E-state index contributed by atoms with van der Waals surface area (Å²) < 4.78 is 10.8. The van der Waals surface area contributed by atoms with Crippen LogP contribution in [-0.2, 0) is 22.6 Å². The number of aryl methyl sites for hydroxylation is 1. The molecule has 188 valence electrons. The van der Waals surface area contributed by atoms with Crippen LogP contribution in [0.1, 0.15) is 47.1 Å². The van der Waals surface area contributed by atoms with Gasteiger partial charge in [0.2, 0.25) is 5.95 Å². The van der Waals surface area contributed by atoms with Crippen LogP contribution in [0, 0.1) is 18.8 Å². The van der Waals surface area contributed by atoms with Crippen molar-refractivity contribution in [3.63, 3.8) is 0 Å². The summed E-state index contributed by atoms with van der Waals surface area (Å²) in [7, 11) is 1.63. The Morgan fingerprint density at radius 3 is 2.65 bits per heavy atom. The highest BCUT2D eigenvalue weighted by molar-refractivity contribution is 5.90. The first-order chi connectivity index (χ1) is 17.9. The van der Waals surface area contributed by atoms with Crippen LogP contribution >= 0.6 is 0 Å². The molecule has 0 spiro atoms. The fourth-order valence-electron chi connectivity index (χ4n) is 3.97. The molecule has 2 aromatic carbocycles. The molecule has 4 N–H and O–H groups in total. The number of hydrogen-bond donors (Lipinski definition) is 2. The van der Waals surface area contributed by atoms with Crippen LogP contribution in [0.3, 0.4) is 0 Å². The van der Waals surface area contributed by atoms with Gasteiger partial charge < -0.3 is 20.9 Å². The Morgan fingerprint density at radius 1 is 1.05 bits per heavy atom. The van der Waals surface area contributed by atoms with E-state index >= 15 is 0 Å². The summed E-state index contributed by atoms with van der Waals surface area (Å²) in [6.45, 7) is 2.26. The van der Waals surface area contributed by atoms with Crippen molar-refractivity contribution < 1.29 is 14.3 Å². The van der Waals surface area contributed by atoms with Crippen LogP contribution in [0.15, 0.2) is 54.7 Å². The quantitative estimate of drug-likeness (QED) is 0.210. The number of fused-ring (bicyclic) bond motifs is 1. The van der Waals surface area contributed by atoms with Gasteiger partial charge in [-0.05, 0) is 53.8 Å². The van der Waals surface area contributed by atoms with Gasteiger partial charge in [-0.25, -0.2) is 4.98 Å². The van der Waals surface area contributed by atoms with Crippen molar-refractivity contribution in [2.45, 2.75) is 39.2 Å². The highest BCUT2D eigenvalue weighted by atomic mass is 16.5. The van der Waals surface area contributed by atoms with Gasteiger partial charge in [-0.1, -0.05) is 42.2 Å². The number of aromatic nitrogens is 3. The minimum absolute atomic E-state index is 0.0967. The number of esters is 1. The van der Waals surface area contributed by atoms with Crippen molar-refractivity contribution in [2.24, 2.45) is 0 Å². The standard InChI is InChI=1S/C29H29N5O3/c1-19-23(17-32-28-26(19)27(30)33-29(31)34-28)15-22-16-24(36-2)14-13-21(22)11-7-4-8-12-25(35)37-18-20-9-5-3-6-10-20/h3,5-6,9-10,13-14,16-17H,4,8,12,15,18H2,1-2H3,(H4,30,31,32,33,34). The van der Waals surface area contributed by atoms with Crippen molar-refractivity contribution in [1.29, 1.82) is 0 Å². The number of pyridine rings is 1. The lowest BCUT2D eigenvalue weighted by Crippen LogP contribution is -2.05. The number of ether oxygens (including phenoxy) is 2. The Hall–Kier alpha value is -4.64. The molecule has 0 unspecified atom stereocenters. The number of unbranched alkanes of at least 4 members (excludes halogenated alkanes) is 1. The molecule has 2 heterocycles. The van der Waals surface area contributed by atoms with Gasteiger partial charge in [0.1, 0.15) is 18.2 Å². The van der Waals surface area contributed by atoms with Gasteiger partial charge in [0.05, 0.1) is 12.5 Å². The number of methoxy groups -OCH3 is 1. The van der Waals surface area contributed by atoms with Crippen LogP contribution in [-0.4, -0.2) is 28.0 Å². The predicted octanol–water partition coefficient (Wildman–Crippen LogP) is 4.36. The third-order valence-electron chi connectivity index (χ3n) is 5.98. The summed E-state index contributed by atoms with van der Waals surface area (Å²) in [6.07, 6.45) is 3.89. The van der Waals surface area contributed by atoms with E-state index in [1.54, 1.807) is 13.3 Å². The SMILES string of the molecule is COc1ccc(C#CCCCC(=O)OCc2ccccc2)c(Cc2cnc3nc(N)nc(N)c3c2C)c1. The summed E-state index contributed by atoms with van der Waals surface area (Å²) in [5, 5.41) is 0.696. The fraction of sp³-hybridized carbons (Fsp3) is 0.241. The predicted molar refractivity (Wildman–Crippen MR) is 144 cm³/mol. The van der Waals surface area contributed by atoms with Gasteiger partial charge in [-0.3, -0.25) is 4.79 Å². The van der Waals surface area contributed by atoms with Crippen LogP contribution in [0.5, 0.6) is 5.75 Å². The van der Waals surface area contributed by atoms with Gasteiger partial charge in [-0.2, -0.15) is 9.97 Å². The molecular formula is C29H29N5O3. The fourth-order valence-corrected chi connectivity index (χ4v) is 3.97. The van der Waals surface area contributed by atoms with E-state index in [1.807, 2.05) is 55.5 Å². The van der Waals surface area contributed by atoms with Crippen LogP contribution in [0.4, 0.5) is 11.8 Å². The molecule has 0 aliphatic rings. The average Bonchev–Trinajstić information content (AvgIpc) is 2.89. The largest absolute Gasteiger partial charge is 0.497 e. The zero-order valence-electron chi connectivity index (χ0n) is 21.0. The molecule has 2 aromatic heterocycles. The normalized spacial score (nSPS) is 10.5. The lowest BCUT2D eigenvalue weighted by Gasteiger charge is -2.12. The smallest absolute Gasteiger partial charge is 0.306 e. The van der Waals surface area contributed by atoms with Gasteiger partial charge in [-0.15, -0.1) is 0 Å². The molecule has 8 heteroatoms. The van der Waals surface area contributed by atoms with Crippen molar-refractivity contribution in [3.05, 3.63) is 82.5 Å². The Labute approximate surface area is 216 Å². The van der Waals surface area contributed by atoms with E-state index in [0.29, 0.717) is 42.5 Å². The molecule has 4 rings (SSSR count). The molecule has 0 radical (unpaired) electrons. The number of nitrogens with zero attached hydrogens (tertiary/aromatic N) is 3. The van der Waals surface area contributed by atoms with E-state index in [4.69, 9.17) is 20.9 Å². The zero-order valence-corrected chi connectivity index (χ0v) is 21.0. The molecule has 4 aromatic rings. The number of hydrogen-bond acceptors (Lipinski definition) is 8. The van der Waals surface area contributed by atoms with E-state index in [-0.39, 0.29) is 18.5 Å². The second-order valence-corrected chi connectivity index (χ2v) is 8.58. The molecule has 0 aliphatic heterocycles. The van der Waals surface area contributed by atoms with Crippen molar-refractivity contribution >= 4 is 28.8 Å². The number of rotatable bonds is 8. The summed E-state index contributed by atoms with van der Waals surface area (Å²) in [6, 6.07) is 15.4. The lowest BCUT2D eigenvalue weighted by atomic mass is 9.96. The van der Waals surface area contributed by atoms with Crippen LogP contribution in [0.2, 0.25) is 0 Å². The molecule has 0 saturated carbocycles. The summed E-state index contributed by atoms with van der Waals surface area (Å²) in [5.41, 5.74) is 17.1. The van der Waals surface area contributed by atoms with Gasteiger partial charge in [0, 0.05) is 31.0 Å². The molecule has 0 saturated heterocycles.